The summed E-state index contributed by atoms with van der Waals surface area (Å²) in [5, 5.41) is 3.76. The molecule has 0 aliphatic rings. The van der Waals surface area contributed by atoms with Crippen LogP contribution in [0.4, 0.5) is 8.78 Å². The summed E-state index contributed by atoms with van der Waals surface area (Å²) in [5.41, 5.74) is -0.0307. The van der Waals surface area contributed by atoms with E-state index in [0.29, 0.717) is 5.56 Å². The third-order valence-corrected chi connectivity index (χ3v) is 7.24. The third-order valence-electron chi connectivity index (χ3n) is 4.83. The molecule has 0 saturated carbocycles. The maximum absolute atomic E-state index is 15.1. The predicted octanol–water partition coefficient (Wildman–Crippen LogP) is 2.65. The van der Waals surface area contributed by atoms with Crippen molar-refractivity contribution in [3.63, 3.8) is 0 Å². The van der Waals surface area contributed by atoms with E-state index in [-0.39, 0.29) is 26.6 Å². The number of aromatic nitrogens is 4. The topological polar surface area (TPSA) is 127 Å². The standard InChI is InChI=1S/C20H17F2N5O5S2/c1-25(2)33(28,29)26-10-9-23-20(26)14-11-16-18(8-5-13-3-6-15(21)7-4-13)24-27(34(30,31)32)19(16)17(22)12-14/h3-12H,1-2H3,(H,30,31,32). The molecule has 1 N–H and O–H groups in total. The number of nitrogens with zero attached hydrogens (tertiary/aromatic N) is 5. The van der Waals surface area contributed by atoms with Gasteiger partial charge in [-0.05, 0) is 35.9 Å². The SMILES string of the molecule is CN(C)S(=O)(=O)n1ccnc1-c1cc(F)c2c(c1)c(C=Cc1ccc(F)cc1)nn2S(=O)(=O)O. The average molecular weight is 510 g/mol. The van der Waals surface area contributed by atoms with E-state index in [0.717, 1.165) is 14.3 Å². The Bertz CT molecular complexity index is 1640. The highest BCUT2D eigenvalue weighted by atomic mass is 32.2. The van der Waals surface area contributed by atoms with E-state index in [1.54, 1.807) is 0 Å². The average Bonchev–Trinajstić information content (AvgIpc) is 3.39. The van der Waals surface area contributed by atoms with Crippen molar-refractivity contribution in [2.45, 2.75) is 0 Å². The van der Waals surface area contributed by atoms with E-state index in [1.807, 2.05) is 0 Å². The Labute approximate surface area is 193 Å². The molecule has 4 rings (SSSR count). The Morgan fingerprint density at radius 2 is 1.71 bits per heavy atom. The predicted molar refractivity (Wildman–Crippen MR) is 121 cm³/mol. The molecular formula is C20H17F2N5O5S2. The van der Waals surface area contributed by atoms with Crippen molar-refractivity contribution in [3.05, 3.63) is 71.7 Å². The van der Waals surface area contributed by atoms with Gasteiger partial charge in [0.2, 0.25) is 0 Å². The lowest BCUT2D eigenvalue weighted by Crippen LogP contribution is -2.28. The highest BCUT2D eigenvalue weighted by Crippen LogP contribution is 2.31. The molecule has 0 bridgehead atoms. The zero-order chi connectivity index (χ0) is 24.8. The lowest BCUT2D eigenvalue weighted by Gasteiger charge is -2.14. The third kappa shape index (κ3) is 4.23. The molecule has 0 amide bonds. The summed E-state index contributed by atoms with van der Waals surface area (Å²) in [4.78, 5) is 4.01. The van der Waals surface area contributed by atoms with E-state index in [9.17, 15) is 25.8 Å². The van der Waals surface area contributed by atoms with Gasteiger partial charge in [-0.15, -0.1) is 4.09 Å². The maximum Gasteiger partial charge on any atom is 0.379 e. The number of fused-ring (bicyclic) bond motifs is 1. The first-order valence-electron chi connectivity index (χ1n) is 9.50. The van der Waals surface area contributed by atoms with Crippen LogP contribution >= 0.6 is 0 Å². The molecule has 0 aliphatic carbocycles. The molecule has 14 heteroatoms. The van der Waals surface area contributed by atoms with Crippen LogP contribution < -0.4 is 0 Å². The monoisotopic (exact) mass is 509 g/mol. The maximum atomic E-state index is 15.1. The van der Waals surface area contributed by atoms with E-state index in [2.05, 4.69) is 10.1 Å². The molecule has 0 unspecified atom stereocenters. The van der Waals surface area contributed by atoms with Gasteiger partial charge in [0.25, 0.3) is 0 Å². The summed E-state index contributed by atoms with van der Waals surface area (Å²) < 4.78 is 88.6. The van der Waals surface area contributed by atoms with Crippen molar-refractivity contribution in [2.75, 3.05) is 14.1 Å². The van der Waals surface area contributed by atoms with Crippen LogP contribution in [0.25, 0.3) is 34.4 Å². The number of hydrogen-bond donors (Lipinski definition) is 1. The van der Waals surface area contributed by atoms with Gasteiger partial charge < -0.3 is 0 Å². The van der Waals surface area contributed by atoms with Gasteiger partial charge in [-0.2, -0.15) is 26.2 Å². The number of imidazole rings is 1. The van der Waals surface area contributed by atoms with E-state index in [4.69, 9.17) is 0 Å². The van der Waals surface area contributed by atoms with Crippen molar-refractivity contribution >= 4 is 43.6 Å². The van der Waals surface area contributed by atoms with Gasteiger partial charge in [-0.25, -0.2) is 17.7 Å². The molecule has 34 heavy (non-hydrogen) atoms. The molecule has 2 heterocycles. The van der Waals surface area contributed by atoms with Gasteiger partial charge in [0.05, 0.1) is 5.69 Å². The van der Waals surface area contributed by atoms with Crippen molar-refractivity contribution in [1.29, 1.82) is 0 Å². The molecule has 2 aromatic carbocycles. The summed E-state index contributed by atoms with van der Waals surface area (Å²) in [7, 11) is -6.33. The van der Waals surface area contributed by atoms with Crippen LogP contribution in [0.15, 0.2) is 48.8 Å². The minimum atomic E-state index is -4.97. The van der Waals surface area contributed by atoms with Crippen LogP contribution in [-0.2, 0) is 20.5 Å². The van der Waals surface area contributed by atoms with Gasteiger partial charge in [0, 0.05) is 37.4 Å². The van der Waals surface area contributed by atoms with Gasteiger partial charge in [0.1, 0.15) is 11.3 Å². The number of benzene rings is 2. The van der Waals surface area contributed by atoms with Gasteiger partial charge in [-0.1, -0.05) is 18.2 Å². The van der Waals surface area contributed by atoms with Crippen molar-refractivity contribution in [3.8, 4) is 11.4 Å². The largest absolute Gasteiger partial charge is 0.379 e. The summed E-state index contributed by atoms with van der Waals surface area (Å²) in [6.45, 7) is 0. The highest BCUT2D eigenvalue weighted by molar-refractivity contribution is 7.87. The Kier molecular flexibility index (Phi) is 5.85. The molecule has 0 spiro atoms. The van der Waals surface area contributed by atoms with Gasteiger partial charge >= 0.3 is 20.5 Å². The lowest BCUT2D eigenvalue weighted by molar-refractivity contribution is 0.466. The second-order valence-corrected chi connectivity index (χ2v) is 10.5. The van der Waals surface area contributed by atoms with Crippen molar-refractivity contribution in [1.82, 2.24) is 22.4 Å². The fourth-order valence-electron chi connectivity index (χ4n) is 3.21. The second kappa shape index (κ2) is 8.39. The molecule has 0 saturated heterocycles. The molecule has 10 nitrogen and oxygen atoms in total. The number of hydrogen-bond acceptors (Lipinski definition) is 6. The van der Waals surface area contributed by atoms with E-state index >= 15 is 4.39 Å². The molecular weight excluding hydrogens is 492 g/mol. The minimum absolute atomic E-state index is 0.0201. The lowest BCUT2D eigenvalue weighted by atomic mass is 10.1. The first-order chi connectivity index (χ1) is 15.9. The van der Waals surface area contributed by atoms with Crippen molar-refractivity contribution in [2.24, 2.45) is 0 Å². The summed E-state index contributed by atoms with van der Waals surface area (Å²) in [6, 6.07) is 7.56. The molecule has 0 atom stereocenters. The van der Waals surface area contributed by atoms with Crippen LogP contribution in [0.3, 0.4) is 0 Å². The highest BCUT2D eigenvalue weighted by Gasteiger charge is 2.25. The van der Waals surface area contributed by atoms with E-state index < -0.39 is 37.7 Å². The molecule has 0 fully saturated rings. The fourth-order valence-corrected chi connectivity index (χ4v) is 4.75. The van der Waals surface area contributed by atoms with Gasteiger partial charge in [0.15, 0.2) is 11.6 Å². The zero-order valence-corrected chi connectivity index (χ0v) is 19.3. The zero-order valence-electron chi connectivity index (χ0n) is 17.7. The van der Waals surface area contributed by atoms with Crippen LogP contribution in [-0.4, -0.2) is 57.9 Å². The van der Waals surface area contributed by atoms with Crippen molar-refractivity contribution < 1.29 is 30.2 Å². The van der Waals surface area contributed by atoms with Crippen LogP contribution in [0.1, 0.15) is 11.3 Å². The fraction of sp³-hybridized carbons (Fsp3) is 0.100. The Hall–Kier alpha value is -3.46. The van der Waals surface area contributed by atoms with Crippen LogP contribution in [0.2, 0.25) is 0 Å². The molecule has 2 aromatic heterocycles. The normalized spacial score (nSPS) is 12.9. The Balaban J connectivity index is 1.95. The summed E-state index contributed by atoms with van der Waals surface area (Å²) >= 11 is 0. The number of halogens is 2. The first-order valence-corrected chi connectivity index (χ1v) is 12.3. The smallest absolute Gasteiger partial charge is 0.268 e. The second-order valence-electron chi connectivity index (χ2n) is 7.28. The number of rotatable bonds is 6. The quantitative estimate of drug-likeness (QED) is 0.396. The summed E-state index contributed by atoms with van der Waals surface area (Å²) in [6.07, 6.45) is 5.24. The molecule has 0 aliphatic heterocycles. The van der Waals surface area contributed by atoms with Gasteiger partial charge in [-0.3, -0.25) is 4.55 Å². The molecule has 0 radical (unpaired) electrons. The molecule has 178 valence electrons. The Morgan fingerprint density at radius 1 is 1.03 bits per heavy atom. The molecule has 4 aromatic rings. The van der Waals surface area contributed by atoms with Crippen LogP contribution in [0, 0.1) is 11.6 Å². The minimum Gasteiger partial charge on any atom is -0.268 e. The van der Waals surface area contributed by atoms with Crippen LogP contribution in [0.5, 0.6) is 0 Å². The first kappa shape index (κ1) is 23.7. The Morgan fingerprint density at radius 3 is 2.32 bits per heavy atom. The summed E-state index contributed by atoms with van der Waals surface area (Å²) in [5.74, 6) is -1.66. The van der Waals surface area contributed by atoms with E-state index in [1.165, 1.54) is 69.0 Å².